The van der Waals surface area contributed by atoms with Gasteiger partial charge in [-0.25, -0.2) is 18.4 Å². The SMILES string of the molecule is Nc1ncc(-c2cccc(CN([C@H]3CCc4ccccc43)S(=O)(=O)c3ccc([N+](=O)[O-])cc3[N+](=O)[O-])c2)nc1-c1nnc(Cc2ccccc2)[nH]1. The summed E-state index contributed by atoms with van der Waals surface area (Å²) in [6, 6.07) is 26.2. The minimum atomic E-state index is -4.58. The molecule has 1 aliphatic rings. The van der Waals surface area contributed by atoms with Crippen molar-refractivity contribution >= 4 is 27.2 Å². The number of sulfonamides is 1. The molecule has 0 radical (unpaired) electrons. The lowest BCUT2D eigenvalue weighted by Crippen LogP contribution is -2.34. The highest BCUT2D eigenvalue weighted by atomic mass is 32.2. The monoisotopic (exact) mass is 703 g/mol. The van der Waals surface area contributed by atoms with Crippen LogP contribution in [0.2, 0.25) is 0 Å². The van der Waals surface area contributed by atoms with E-state index in [1.807, 2.05) is 54.6 Å². The maximum absolute atomic E-state index is 14.5. The van der Waals surface area contributed by atoms with Gasteiger partial charge in [0.2, 0.25) is 0 Å². The molecule has 3 N–H and O–H groups in total. The van der Waals surface area contributed by atoms with E-state index in [1.165, 1.54) is 10.5 Å². The molecular weight excluding hydrogens is 675 g/mol. The van der Waals surface area contributed by atoms with Crippen molar-refractivity contribution in [2.45, 2.75) is 36.7 Å². The summed E-state index contributed by atoms with van der Waals surface area (Å²) < 4.78 is 30.1. The van der Waals surface area contributed by atoms with E-state index in [4.69, 9.17) is 10.7 Å². The molecule has 2 heterocycles. The largest absolute Gasteiger partial charge is 0.382 e. The standard InChI is InChI=1S/C35H29N9O6S/c36-34-33(35-39-32(40-41-35)18-22-7-2-1-3-8-22)38-28(20-37-34)25-11-6-9-23(17-25)21-42(29-15-13-24-10-4-5-12-27(24)29)51(49,50)31-16-14-26(43(45)46)19-30(31)44(47)48/h1-12,14,16-17,19-20,29H,13,15,18,21H2,(H2,36,37)(H,39,40,41)/t29-/m0/s1. The van der Waals surface area contributed by atoms with Crippen molar-refractivity contribution in [3.8, 4) is 22.8 Å². The molecule has 6 aromatic rings. The van der Waals surface area contributed by atoms with E-state index in [0.717, 1.165) is 28.8 Å². The molecule has 7 rings (SSSR count). The number of hydrogen-bond acceptors (Lipinski definition) is 11. The average molecular weight is 704 g/mol. The minimum Gasteiger partial charge on any atom is -0.382 e. The molecule has 0 saturated heterocycles. The maximum atomic E-state index is 14.5. The number of nitrogens with two attached hydrogens (primary N) is 1. The van der Waals surface area contributed by atoms with Crippen LogP contribution in [0.15, 0.2) is 108 Å². The van der Waals surface area contributed by atoms with E-state index in [-0.39, 0.29) is 12.4 Å². The normalized spacial score (nSPS) is 14.0. The number of aromatic nitrogens is 5. The highest BCUT2D eigenvalue weighted by Crippen LogP contribution is 2.42. The third-order valence-electron chi connectivity index (χ3n) is 8.72. The Kier molecular flexibility index (Phi) is 8.76. The topological polar surface area (TPSA) is 217 Å². The maximum Gasteiger partial charge on any atom is 0.296 e. The number of anilines is 1. The Morgan fingerprint density at radius 1 is 0.882 bits per heavy atom. The molecule has 0 spiro atoms. The summed E-state index contributed by atoms with van der Waals surface area (Å²) in [5.74, 6) is 1.10. The van der Waals surface area contributed by atoms with Gasteiger partial charge in [0.25, 0.3) is 21.4 Å². The molecule has 0 aliphatic heterocycles. The summed E-state index contributed by atoms with van der Waals surface area (Å²) in [4.78, 5) is 33.3. The van der Waals surface area contributed by atoms with E-state index >= 15 is 0 Å². The molecule has 0 unspecified atom stereocenters. The molecule has 2 aromatic heterocycles. The van der Waals surface area contributed by atoms with E-state index in [2.05, 4.69) is 20.2 Å². The van der Waals surface area contributed by atoms with Crippen molar-refractivity contribution < 1.29 is 18.3 Å². The highest BCUT2D eigenvalue weighted by Gasteiger charge is 2.40. The second kappa shape index (κ2) is 13.5. The third kappa shape index (κ3) is 6.64. The number of fused-ring (bicyclic) bond motifs is 1. The first-order valence-corrected chi connectivity index (χ1v) is 17.2. The van der Waals surface area contributed by atoms with Crippen LogP contribution < -0.4 is 5.73 Å². The van der Waals surface area contributed by atoms with Crippen LogP contribution in [0, 0.1) is 20.2 Å². The average Bonchev–Trinajstić information content (AvgIpc) is 3.78. The van der Waals surface area contributed by atoms with E-state index in [0.29, 0.717) is 59.5 Å². The number of nitro groups is 2. The van der Waals surface area contributed by atoms with Gasteiger partial charge in [-0.2, -0.15) is 4.31 Å². The van der Waals surface area contributed by atoms with Gasteiger partial charge in [-0.3, -0.25) is 20.2 Å². The van der Waals surface area contributed by atoms with Crippen LogP contribution in [0.1, 0.15) is 40.5 Å². The summed E-state index contributed by atoms with van der Waals surface area (Å²) in [6.07, 6.45) is 3.07. The van der Waals surface area contributed by atoms with Crippen molar-refractivity contribution in [2.75, 3.05) is 5.73 Å². The number of nitro benzene ring substituents is 2. The fourth-order valence-electron chi connectivity index (χ4n) is 6.30. The number of non-ortho nitro benzene ring substituents is 1. The number of aryl methyl sites for hydroxylation is 1. The van der Waals surface area contributed by atoms with Gasteiger partial charge in [0, 0.05) is 24.6 Å². The first-order valence-electron chi connectivity index (χ1n) is 15.8. The number of nitrogens with one attached hydrogen (secondary N) is 1. The number of nitrogens with zero attached hydrogens (tertiary/aromatic N) is 7. The van der Waals surface area contributed by atoms with Crippen LogP contribution in [-0.2, 0) is 29.4 Å². The van der Waals surface area contributed by atoms with Crippen LogP contribution in [0.4, 0.5) is 17.2 Å². The van der Waals surface area contributed by atoms with Gasteiger partial charge >= 0.3 is 0 Å². The lowest BCUT2D eigenvalue weighted by Gasteiger charge is -2.29. The minimum absolute atomic E-state index is 0.138. The van der Waals surface area contributed by atoms with Crippen LogP contribution in [0.25, 0.3) is 22.8 Å². The molecule has 4 aromatic carbocycles. The van der Waals surface area contributed by atoms with Gasteiger partial charge in [0.15, 0.2) is 22.2 Å². The summed E-state index contributed by atoms with van der Waals surface area (Å²) >= 11 is 0. The third-order valence-corrected chi connectivity index (χ3v) is 10.6. The zero-order valence-corrected chi connectivity index (χ0v) is 27.6. The molecule has 1 aliphatic carbocycles. The predicted octanol–water partition coefficient (Wildman–Crippen LogP) is 5.80. The fourth-order valence-corrected chi connectivity index (χ4v) is 8.06. The Morgan fingerprint density at radius 2 is 1.65 bits per heavy atom. The van der Waals surface area contributed by atoms with Crippen molar-refractivity contribution in [3.05, 3.63) is 152 Å². The van der Waals surface area contributed by atoms with E-state index in [1.54, 1.807) is 24.3 Å². The Hall–Kier alpha value is -6.39. The number of nitrogen functional groups attached to an aromatic ring is 1. The molecule has 16 heteroatoms. The molecule has 0 amide bonds. The molecule has 51 heavy (non-hydrogen) atoms. The number of aromatic amines is 1. The molecule has 15 nitrogen and oxygen atoms in total. The number of H-pyrrole nitrogens is 1. The summed E-state index contributed by atoms with van der Waals surface area (Å²) in [5.41, 5.74) is 9.45. The lowest BCUT2D eigenvalue weighted by atomic mass is 10.1. The van der Waals surface area contributed by atoms with Crippen molar-refractivity contribution in [1.29, 1.82) is 0 Å². The molecule has 1 atom stereocenters. The molecular formula is C35H29N9O6S. The van der Waals surface area contributed by atoms with E-state index in [9.17, 15) is 28.6 Å². The first kappa shape index (κ1) is 33.1. The van der Waals surface area contributed by atoms with Gasteiger partial charge in [-0.05, 0) is 47.2 Å². The summed E-state index contributed by atoms with van der Waals surface area (Å²) in [6.45, 7) is -0.163. The zero-order chi connectivity index (χ0) is 35.7. The smallest absolute Gasteiger partial charge is 0.296 e. The van der Waals surface area contributed by atoms with Gasteiger partial charge in [0.05, 0.1) is 33.8 Å². The second-order valence-electron chi connectivity index (χ2n) is 11.9. The van der Waals surface area contributed by atoms with Crippen LogP contribution in [0.5, 0.6) is 0 Å². The van der Waals surface area contributed by atoms with Gasteiger partial charge in [-0.15, -0.1) is 10.2 Å². The van der Waals surface area contributed by atoms with Crippen LogP contribution >= 0.6 is 0 Å². The van der Waals surface area contributed by atoms with Crippen molar-refractivity contribution in [2.24, 2.45) is 0 Å². The van der Waals surface area contributed by atoms with Gasteiger partial charge < -0.3 is 10.7 Å². The summed E-state index contributed by atoms with van der Waals surface area (Å²) in [7, 11) is -4.58. The Balaban J connectivity index is 1.24. The van der Waals surface area contributed by atoms with Gasteiger partial charge in [0.1, 0.15) is 5.82 Å². The lowest BCUT2D eigenvalue weighted by molar-refractivity contribution is -0.396. The Bertz CT molecular complexity index is 2400. The van der Waals surface area contributed by atoms with Crippen molar-refractivity contribution in [1.82, 2.24) is 29.5 Å². The number of benzene rings is 4. The van der Waals surface area contributed by atoms with Crippen molar-refractivity contribution in [3.63, 3.8) is 0 Å². The molecule has 0 fully saturated rings. The van der Waals surface area contributed by atoms with Crippen LogP contribution in [0.3, 0.4) is 0 Å². The zero-order valence-electron chi connectivity index (χ0n) is 26.8. The van der Waals surface area contributed by atoms with E-state index < -0.39 is 42.2 Å². The Labute approximate surface area is 291 Å². The van der Waals surface area contributed by atoms with Crippen LogP contribution in [-0.4, -0.2) is 47.7 Å². The predicted molar refractivity (Wildman–Crippen MR) is 186 cm³/mol. The molecule has 0 bridgehead atoms. The summed E-state index contributed by atoms with van der Waals surface area (Å²) in [5, 5.41) is 31.9. The number of hydrogen-bond donors (Lipinski definition) is 2. The fraction of sp³-hybridized carbons (Fsp3) is 0.143. The van der Waals surface area contributed by atoms with Gasteiger partial charge in [-0.1, -0.05) is 72.8 Å². The quantitative estimate of drug-likeness (QED) is 0.121. The Morgan fingerprint density at radius 3 is 2.43 bits per heavy atom. The first-order chi connectivity index (χ1) is 24.6. The second-order valence-corrected chi connectivity index (χ2v) is 13.8. The number of rotatable bonds is 11. The molecule has 256 valence electrons. The highest BCUT2D eigenvalue weighted by molar-refractivity contribution is 7.89. The molecule has 0 saturated carbocycles.